The topological polar surface area (TPSA) is 18.5 Å². The molecule has 0 saturated heterocycles. The van der Waals surface area contributed by atoms with Crippen LogP contribution in [0.4, 0.5) is 22.0 Å². The van der Waals surface area contributed by atoms with Gasteiger partial charge in [0, 0.05) is 0 Å². The normalized spacial score (nSPS) is 19.3. The second-order valence-electron chi connectivity index (χ2n) is 8.39. The van der Waals surface area contributed by atoms with Gasteiger partial charge in [0.25, 0.3) is 0 Å². The van der Waals surface area contributed by atoms with Crippen LogP contribution in [0.15, 0.2) is 42.5 Å². The van der Waals surface area contributed by atoms with Gasteiger partial charge in [-0.05, 0) is 67.2 Å². The third kappa shape index (κ3) is 6.67. The first-order chi connectivity index (χ1) is 15.3. The molecule has 3 rings (SSSR count). The van der Waals surface area contributed by atoms with Crippen LogP contribution < -0.4 is 4.74 Å². The molecule has 1 aliphatic rings. The molecule has 0 aliphatic heterocycles. The van der Waals surface area contributed by atoms with Crippen molar-refractivity contribution in [2.24, 2.45) is 5.92 Å². The van der Waals surface area contributed by atoms with Gasteiger partial charge in [0.15, 0.2) is 11.6 Å². The Morgan fingerprint density at radius 3 is 2.28 bits per heavy atom. The minimum Gasteiger partial charge on any atom is -0.432 e. The molecule has 0 bridgehead atoms. The largest absolute Gasteiger partial charge is 0.432 e. The number of hydrogen-bond donors (Lipinski definition) is 0. The van der Waals surface area contributed by atoms with Crippen LogP contribution in [-0.4, -0.2) is 13.2 Å². The summed E-state index contributed by atoms with van der Waals surface area (Å²) in [5.74, 6) is -0.365. The molecule has 2 nitrogen and oxygen atoms in total. The van der Waals surface area contributed by atoms with Crippen molar-refractivity contribution in [2.75, 3.05) is 6.61 Å². The molecular weight excluding hydrogens is 427 g/mol. The predicted molar refractivity (Wildman–Crippen MR) is 113 cm³/mol. The molecule has 0 spiro atoms. The Balaban J connectivity index is 1.51. The van der Waals surface area contributed by atoms with Crippen LogP contribution in [0.3, 0.4) is 0 Å². The first-order valence-electron chi connectivity index (χ1n) is 11.1. The van der Waals surface area contributed by atoms with Crippen LogP contribution in [0.5, 0.6) is 5.75 Å². The molecule has 0 heterocycles. The summed E-state index contributed by atoms with van der Waals surface area (Å²) >= 11 is 0. The number of benzene rings is 2. The van der Waals surface area contributed by atoms with Crippen LogP contribution >= 0.6 is 0 Å². The highest BCUT2D eigenvalue weighted by molar-refractivity contribution is 5.30. The fourth-order valence-corrected chi connectivity index (χ4v) is 4.41. The monoisotopic (exact) mass is 456 g/mol. The number of rotatable bonds is 10. The zero-order valence-corrected chi connectivity index (χ0v) is 18.1. The number of ether oxygens (including phenoxy) is 2. The lowest BCUT2D eigenvalue weighted by Gasteiger charge is -2.29. The molecule has 0 atom stereocenters. The maximum Gasteiger partial charge on any atom is 0.387 e. The molecule has 2 aromatic carbocycles. The Morgan fingerprint density at radius 1 is 1.00 bits per heavy atom. The Morgan fingerprint density at radius 2 is 1.69 bits per heavy atom. The average molecular weight is 456 g/mol. The molecule has 176 valence electrons. The van der Waals surface area contributed by atoms with Crippen molar-refractivity contribution in [3.63, 3.8) is 0 Å². The van der Waals surface area contributed by atoms with Gasteiger partial charge in [0.1, 0.15) is 0 Å². The summed E-state index contributed by atoms with van der Waals surface area (Å²) in [5, 5.41) is 0. The molecule has 0 N–H and O–H groups in total. The van der Waals surface area contributed by atoms with Gasteiger partial charge in [-0.15, -0.1) is 0 Å². The smallest absolute Gasteiger partial charge is 0.387 e. The lowest BCUT2D eigenvalue weighted by molar-refractivity contribution is -0.248. The first-order valence-corrected chi connectivity index (χ1v) is 11.1. The second kappa shape index (κ2) is 11.1. The van der Waals surface area contributed by atoms with Gasteiger partial charge in [0.2, 0.25) is 0 Å². The fourth-order valence-electron chi connectivity index (χ4n) is 4.41. The van der Waals surface area contributed by atoms with E-state index in [0.29, 0.717) is 11.5 Å². The molecule has 1 fully saturated rings. The van der Waals surface area contributed by atoms with E-state index in [-0.39, 0.29) is 18.6 Å². The van der Waals surface area contributed by atoms with Gasteiger partial charge in [-0.25, -0.2) is 4.39 Å². The van der Waals surface area contributed by atoms with E-state index in [0.717, 1.165) is 36.5 Å². The van der Waals surface area contributed by atoms with Gasteiger partial charge in [0.05, 0.1) is 12.2 Å². The van der Waals surface area contributed by atoms with Crippen LogP contribution in [0.25, 0.3) is 0 Å². The highest BCUT2D eigenvalue weighted by atomic mass is 19.3. The van der Waals surface area contributed by atoms with E-state index >= 15 is 0 Å². The van der Waals surface area contributed by atoms with Crippen LogP contribution in [-0.2, 0) is 17.3 Å². The zero-order valence-electron chi connectivity index (χ0n) is 18.1. The van der Waals surface area contributed by atoms with E-state index in [4.69, 9.17) is 4.74 Å². The average Bonchev–Trinajstić information content (AvgIpc) is 2.76. The maximum atomic E-state index is 14.5. The van der Waals surface area contributed by atoms with Gasteiger partial charge in [-0.3, -0.25) is 0 Å². The van der Waals surface area contributed by atoms with Crippen LogP contribution in [0.2, 0.25) is 0 Å². The van der Waals surface area contributed by atoms with E-state index in [1.165, 1.54) is 43.9 Å². The lowest BCUT2D eigenvalue weighted by atomic mass is 9.77. The highest BCUT2D eigenvalue weighted by Gasteiger charge is 2.33. The molecule has 0 unspecified atom stereocenters. The van der Waals surface area contributed by atoms with E-state index in [1.807, 2.05) is 0 Å². The van der Waals surface area contributed by atoms with Gasteiger partial charge < -0.3 is 9.47 Å². The Bertz CT molecular complexity index is 846. The van der Waals surface area contributed by atoms with Crippen LogP contribution in [0, 0.1) is 11.7 Å². The molecule has 1 saturated carbocycles. The standard InChI is InChI=1S/C25H29F5O2/c1-2-3-17-4-7-19(8-5-17)20-9-11-21(12-10-20)25(29,30)31-15-14-18-6-13-23(22(26)16-18)32-24(27)28/h6,9-13,16-17,19,24H,2-5,7-8,14-15H2,1H3. The minimum atomic E-state index is -3.48. The summed E-state index contributed by atoms with van der Waals surface area (Å²) in [7, 11) is 0. The van der Waals surface area contributed by atoms with Crippen molar-refractivity contribution in [3.8, 4) is 5.75 Å². The Hall–Kier alpha value is -2.15. The molecule has 2 aromatic rings. The highest BCUT2D eigenvalue weighted by Crippen LogP contribution is 2.38. The summed E-state index contributed by atoms with van der Waals surface area (Å²) in [4.78, 5) is 0. The lowest BCUT2D eigenvalue weighted by Crippen LogP contribution is -2.20. The van der Waals surface area contributed by atoms with E-state index < -0.39 is 24.3 Å². The summed E-state index contributed by atoms with van der Waals surface area (Å²) in [5.41, 5.74) is 1.20. The number of halogens is 5. The van der Waals surface area contributed by atoms with Crippen molar-refractivity contribution in [2.45, 2.75) is 70.5 Å². The predicted octanol–water partition coefficient (Wildman–Crippen LogP) is 7.81. The van der Waals surface area contributed by atoms with Gasteiger partial charge in [-0.1, -0.05) is 50.1 Å². The SMILES string of the molecule is CCCC1CCC(c2ccc(C(F)(F)OCCc3ccc(OC(F)F)c(F)c3)cc2)CC1. The van der Waals surface area contributed by atoms with E-state index in [1.54, 1.807) is 12.1 Å². The van der Waals surface area contributed by atoms with Gasteiger partial charge >= 0.3 is 12.7 Å². The maximum absolute atomic E-state index is 14.5. The summed E-state index contributed by atoms with van der Waals surface area (Å²) in [6.07, 6.45) is 3.55. The quantitative estimate of drug-likeness (QED) is 0.340. The molecule has 0 amide bonds. The fraction of sp³-hybridized carbons (Fsp3) is 0.520. The molecule has 7 heteroatoms. The van der Waals surface area contributed by atoms with Crippen molar-refractivity contribution < 1.29 is 31.4 Å². The Kier molecular flexibility index (Phi) is 8.51. The zero-order chi connectivity index (χ0) is 23.1. The first kappa shape index (κ1) is 24.5. The molecule has 32 heavy (non-hydrogen) atoms. The number of alkyl halides is 4. The van der Waals surface area contributed by atoms with Crippen LogP contribution in [0.1, 0.15) is 68.1 Å². The van der Waals surface area contributed by atoms with E-state index in [9.17, 15) is 22.0 Å². The minimum absolute atomic E-state index is 0.000548. The van der Waals surface area contributed by atoms with Crippen molar-refractivity contribution >= 4 is 0 Å². The second-order valence-corrected chi connectivity index (χ2v) is 8.39. The van der Waals surface area contributed by atoms with Crippen molar-refractivity contribution in [1.29, 1.82) is 0 Å². The summed E-state index contributed by atoms with van der Waals surface area (Å²) in [6.45, 7) is -1.29. The van der Waals surface area contributed by atoms with Crippen molar-refractivity contribution in [3.05, 3.63) is 65.0 Å². The van der Waals surface area contributed by atoms with E-state index in [2.05, 4.69) is 11.7 Å². The third-order valence-electron chi connectivity index (χ3n) is 6.15. The Labute approximate surface area is 185 Å². The van der Waals surface area contributed by atoms with Crippen molar-refractivity contribution in [1.82, 2.24) is 0 Å². The summed E-state index contributed by atoms with van der Waals surface area (Å²) in [6, 6.07) is 9.69. The summed E-state index contributed by atoms with van der Waals surface area (Å²) < 4.78 is 75.8. The molecule has 1 aliphatic carbocycles. The third-order valence-corrected chi connectivity index (χ3v) is 6.15. The molecular formula is C25H29F5O2. The molecule has 0 radical (unpaired) electrons. The molecule has 0 aromatic heterocycles. The number of hydrogen-bond acceptors (Lipinski definition) is 2. The van der Waals surface area contributed by atoms with Gasteiger partial charge in [-0.2, -0.15) is 17.6 Å².